The highest BCUT2D eigenvalue weighted by atomic mass is 17.2. The van der Waals surface area contributed by atoms with Crippen molar-refractivity contribution >= 4 is 0 Å². The molecule has 1 saturated heterocycles. The summed E-state index contributed by atoms with van der Waals surface area (Å²) in [6, 6.07) is 0. The molecule has 0 bridgehead atoms. The Bertz CT molecular complexity index is 89.3. The van der Waals surface area contributed by atoms with Crippen LogP contribution in [0.4, 0.5) is 0 Å². The van der Waals surface area contributed by atoms with E-state index in [4.69, 9.17) is 10.5 Å². The molecule has 1 fully saturated rings. The molecule has 0 aromatic carbocycles. The molecule has 6 nitrogen and oxygen atoms in total. The molecule has 0 radical (unpaired) electrons. The number of hydrogen-bond donors (Lipinski definition) is 3. The van der Waals surface area contributed by atoms with Crippen molar-refractivity contribution < 1.29 is 20.4 Å². The molecule has 0 saturated carbocycles. The molecule has 1 aliphatic heterocycles. The van der Waals surface area contributed by atoms with Crippen molar-refractivity contribution in [2.75, 3.05) is 19.6 Å². The molecule has 0 aromatic heterocycles. The van der Waals surface area contributed by atoms with Gasteiger partial charge in [-0.15, -0.1) is 10.1 Å². The van der Waals surface area contributed by atoms with Crippen LogP contribution in [0, 0.1) is 0 Å². The molecule has 1 unspecified atom stereocenters. The van der Waals surface area contributed by atoms with Crippen molar-refractivity contribution in [1.29, 1.82) is 0 Å². The van der Waals surface area contributed by atoms with Crippen molar-refractivity contribution in [3.05, 3.63) is 0 Å². The lowest BCUT2D eigenvalue weighted by atomic mass is 10.4. The van der Waals surface area contributed by atoms with E-state index in [0.29, 0.717) is 19.6 Å². The second kappa shape index (κ2) is 3.81. The van der Waals surface area contributed by atoms with Gasteiger partial charge in [-0.05, 0) is 0 Å². The summed E-state index contributed by atoms with van der Waals surface area (Å²) in [7, 11) is 0. The summed E-state index contributed by atoms with van der Waals surface area (Å²) in [5.74, 6) is 0. The van der Waals surface area contributed by atoms with E-state index in [2.05, 4.69) is 15.2 Å². The van der Waals surface area contributed by atoms with E-state index in [0.717, 1.165) is 5.06 Å². The Morgan fingerprint density at radius 3 is 2.80 bits per heavy atom. The third-order valence-corrected chi connectivity index (χ3v) is 1.38. The van der Waals surface area contributed by atoms with Crippen molar-refractivity contribution in [3.63, 3.8) is 0 Å². The number of nitrogens with one attached hydrogen (secondary N) is 1. The van der Waals surface area contributed by atoms with Gasteiger partial charge in [0.15, 0.2) is 6.23 Å². The maximum atomic E-state index is 8.22. The predicted molar refractivity (Wildman–Crippen MR) is 30.8 cm³/mol. The van der Waals surface area contributed by atoms with E-state index in [-0.39, 0.29) is 0 Å². The van der Waals surface area contributed by atoms with Crippen molar-refractivity contribution in [1.82, 2.24) is 10.4 Å². The highest BCUT2D eigenvalue weighted by Gasteiger charge is 2.23. The lowest BCUT2D eigenvalue weighted by Crippen LogP contribution is -2.51. The zero-order valence-electron chi connectivity index (χ0n) is 5.36. The third kappa shape index (κ3) is 1.63. The molecule has 0 aromatic rings. The number of piperazine rings is 1. The fraction of sp³-hybridized carbons (Fsp3) is 1.00. The first kappa shape index (κ1) is 7.86. The van der Waals surface area contributed by atoms with E-state index in [1.54, 1.807) is 0 Å². The van der Waals surface area contributed by atoms with Crippen molar-refractivity contribution in [2.45, 2.75) is 6.23 Å². The molecule has 1 atom stereocenters. The molecule has 0 amide bonds. The zero-order valence-corrected chi connectivity index (χ0v) is 5.36. The Hall–Kier alpha value is -0.240. The van der Waals surface area contributed by atoms with Crippen LogP contribution in [-0.2, 0) is 9.88 Å². The van der Waals surface area contributed by atoms with Crippen LogP contribution in [0.3, 0.4) is 0 Å². The fourth-order valence-electron chi connectivity index (χ4n) is 0.844. The summed E-state index contributed by atoms with van der Waals surface area (Å²) in [6.07, 6.45) is -0.626. The van der Waals surface area contributed by atoms with Gasteiger partial charge in [0.25, 0.3) is 0 Å². The molecule has 6 heteroatoms. The highest BCUT2D eigenvalue weighted by molar-refractivity contribution is 4.64. The monoisotopic (exact) mass is 150 g/mol. The topological polar surface area (TPSA) is 74.2 Å². The van der Waals surface area contributed by atoms with Gasteiger partial charge in [-0.1, -0.05) is 0 Å². The fourth-order valence-corrected chi connectivity index (χ4v) is 0.844. The summed E-state index contributed by atoms with van der Waals surface area (Å²) in [6.45, 7) is 1.60. The average molecular weight is 150 g/mol. The van der Waals surface area contributed by atoms with Gasteiger partial charge in [-0.2, -0.15) is 0 Å². The minimum absolute atomic E-state index is 0.428. The van der Waals surface area contributed by atoms with Gasteiger partial charge in [0.05, 0.1) is 0 Å². The normalized spacial score (nSPS) is 28.8. The van der Waals surface area contributed by atoms with Crippen LogP contribution in [-0.4, -0.2) is 41.4 Å². The second-order valence-corrected chi connectivity index (χ2v) is 1.99. The maximum absolute atomic E-state index is 8.22. The van der Waals surface area contributed by atoms with Crippen molar-refractivity contribution in [2.24, 2.45) is 0 Å². The molecule has 0 spiro atoms. The molecule has 1 aliphatic rings. The molecular weight excluding hydrogens is 140 g/mol. The summed E-state index contributed by atoms with van der Waals surface area (Å²) in [5, 5.41) is 20.5. The molecular formula is C4H10N2O4. The van der Waals surface area contributed by atoms with Crippen LogP contribution >= 0.6 is 0 Å². The molecule has 60 valence electrons. The lowest BCUT2D eigenvalue weighted by Gasteiger charge is -2.29. The van der Waals surface area contributed by atoms with E-state index < -0.39 is 6.23 Å². The molecule has 3 N–H and O–H groups in total. The Balaban J connectivity index is 2.34. The quantitative estimate of drug-likeness (QED) is 0.350. The number of hydroxylamine groups is 2. The first-order chi connectivity index (χ1) is 4.88. The summed E-state index contributed by atoms with van der Waals surface area (Å²) >= 11 is 0. The summed E-state index contributed by atoms with van der Waals surface area (Å²) in [4.78, 5) is 7.88. The van der Waals surface area contributed by atoms with Gasteiger partial charge in [-0.3, -0.25) is 5.26 Å². The van der Waals surface area contributed by atoms with E-state index in [1.807, 2.05) is 0 Å². The number of hydrogen-bond acceptors (Lipinski definition) is 6. The summed E-state index contributed by atoms with van der Waals surface area (Å²) in [5.41, 5.74) is 0. The summed E-state index contributed by atoms with van der Waals surface area (Å²) < 4.78 is 0. The predicted octanol–water partition coefficient (Wildman–Crippen LogP) is -0.888. The first-order valence-electron chi connectivity index (χ1n) is 2.97. The standard InChI is InChI=1S/C4H10N2O4/c7-9-4-3-5-1-2-6(4)10-8/h4-5,7-8H,1-3H2. The Morgan fingerprint density at radius 2 is 2.30 bits per heavy atom. The largest absolute Gasteiger partial charge is 0.311 e. The minimum atomic E-state index is -0.626. The number of rotatable bonds is 2. The van der Waals surface area contributed by atoms with Crippen LogP contribution in [0.1, 0.15) is 0 Å². The Kier molecular flexibility index (Phi) is 3.00. The van der Waals surface area contributed by atoms with Crippen LogP contribution in [0.2, 0.25) is 0 Å². The average Bonchev–Trinajstić information content (AvgIpc) is 2.04. The maximum Gasteiger partial charge on any atom is 0.183 e. The molecule has 1 heterocycles. The third-order valence-electron chi connectivity index (χ3n) is 1.38. The molecule has 10 heavy (non-hydrogen) atoms. The van der Waals surface area contributed by atoms with E-state index >= 15 is 0 Å². The van der Waals surface area contributed by atoms with Gasteiger partial charge in [0.2, 0.25) is 0 Å². The van der Waals surface area contributed by atoms with Crippen LogP contribution in [0.15, 0.2) is 0 Å². The van der Waals surface area contributed by atoms with Crippen LogP contribution in [0.5, 0.6) is 0 Å². The van der Waals surface area contributed by atoms with Crippen LogP contribution < -0.4 is 5.32 Å². The second-order valence-electron chi connectivity index (χ2n) is 1.99. The van der Waals surface area contributed by atoms with Gasteiger partial charge in [-0.25, -0.2) is 10.1 Å². The van der Waals surface area contributed by atoms with Crippen molar-refractivity contribution in [3.8, 4) is 0 Å². The Morgan fingerprint density at radius 1 is 1.50 bits per heavy atom. The molecule has 0 aliphatic carbocycles. The van der Waals surface area contributed by atoms with E-state index in [1.165, 1.54) is 0 Å². The zero-order chi connectivity index (χ0) is 7.40. The highest BCUT2D eigenvalue weighted by Crippen LogP contribution is 2.01. The van der Waals surface area contributed by atoms with Gasteiger partial charge >= 0.3 is 0 Å². The van der Waals surface area contributed by atoms with E-state index in [9.17, 15) is 0 Å². The first-order valence-corrected chi connectivity index (χ1v) is 2.97. The Labute approximate surface area is 57.8 Å². The van der Waals surface area contributed by atoms with Gasteiger partial charge in [0.1, 0.15) is 0 Å². The lowest BCUT2D eigenvalue weighted by molar-refractivity contribution is -0.465. The smallest absolute Gasteiger partial charge is 0.183 e. The van der Waals surface area contributed by atoms with Gasteiger partial charge in [0, 0.05) is 19.6 Å². The van der Waals surface area contributed by atoms with Crippen LogP contribution in [0.25, 0.3) is 0 Å². The number of nitrogens with zero attached hydrogens (tertiary/aromatic N) is 1. The minimum Gasteiger partial charge on any atom is -0.311 e. The molecule has 1 rings (SSSR count). The SMILES string of the molecule is OOC1CNCCN1OO. The van der Waals surface area contributed by atoms with Gasteiger partial charge < -0.3 is 5.32 Å².